The highest BCUT2D eigenvalue weighted by atomic mass is 32.1. The smallest absolute Gasteiger partial charge is 0.330 e. The maximum Gasteiger partial charge on any atom is 0.330 e. The SMILES string of the molecule is COc1ccc2c(O[C@@H]3C[C@H]4C(=O)N[C@]5(C(=O)O)CC5/C=C\CCCCC[C@@H](NC(=O)N[C@H](C(=O)N5CCCC5=O)C(C)(C)C)C(=O)N4C3)cc(-c3csc(NC(C)C)n3)nc2c1. The summed E-state index contributed by atoms with van der Waals surface area (Å²) >= 11 is 1.44. The highest BCUT2D eigenvalue weighted by Gasteiger charge is 2.61. The van der Waals surface area contributed by atoms with Crippen LogP contribution >= 0.6 is 11.3 Å². The largest absolute Gasteiger partial charge is 0.497 e. The van der Waals surface area contributed by atoms with Gasteiger partial charge in [0.25, 0.3) is 5.91 Å². The zero-order valence-corrected chi connectivity index (χ0v) is 37.5. The second-order valence-corrected chi connectivity index (χ2v) is 19.2. The fourth-order valence-corrected chi connectivity index (χ4v) is 9.43. The van der Waals surface area contributed by atoms with Crippen LogP contribution in [0.1, 0.15) is 92.4 Å². The molecule has 5 heterocycles. The van der Waals surface area contributed by atoms with Crippen LogP contribution in [-0.4, -0.2) is 117 Å². The molecule has 6 amide bonds. The van der Waals surface area contributed by atoms with Crippen molar-refractivity contribution < 1.29 is 43.3 Å². The van der Waals surface area contributed by atoms with E-state index >= 15 is 0 Å². The number of methoxy groups -OCH3 is 1. The van der Waals surface area contributed by atoms with Crippen molar-refractivity contribution in [2.75, 3.05) is 25.5 Å². The maximum absolute atomic E-state index is 14.9. The lowest BCUT2D eigenvalue weighted by Gasteiger charge is -2.34. The molecule has 18 heteroatoms. The molecule has 1 saturated carbocycles. The van der Waals surface area contributed by atoms with Gasteiger partial charge in [-0.05, 0) is 63.5 Å². The van der Waals surface area contributed by atoms with E-state index in [0.29, 0.717) is 53.1 Å². The average Bonchev–Trinajstić information content (AvgIpc) is 3.58. The van der Waals surface area contributed by atoms with Crippen LogP contribution in [0, 0.1) is 11.3 Å². The van der Waals surface area contributed by atoms with Crippen molar-refractivity contribution in [2.24, 2.45) is 11.3 Å². The van der Waals surface area contributed by atoms with Crippen LogP contribution in [0.3, 0.4) is 0 Å². The van der Waals surface area contributed by atoms with Crippen molar-refractivity contribution in [3.05, 3.63) is 41.8 Å². The Bertz CT molecular complexity index is 2290. The molecule has 0 radical (unpaired) electrons. The molecule has 0 bridgehead atoms. The first-order chi connectivity index (χ1) is 30.0. The van der Waals surface area contributed by atoms with Gasteiger partial charge in [-0.25, -0.2) is 19.6 Å². The third kappa shape index (κ3) is 10.1. The molecule has 1 aliphatic carbocycles. The summed E-state index contributed by atoms with van der Waals surface area (Å²) in [6.07, 6.45) is 7.01. The molecule has 1 aromatic carbocycles. The van der Waals surface area contributed by atoms with Crippen molar-refractivity contribution in [2.45, 2.75) is 128 Å². The lowest BCUT2D eigenvalue weighted by Crippen LogP contribution is -2.60. The number of likely N-dealkylation sites (tertiary alicyclic amines) is 1. The maximum atomic E-state index is 14.9. The van der Waals surface area contributed by atoms with E-state index in [1.807, 2.05) is 37.4 Å². The summed E-state index contributed by atoms with van der Waals surface area (Å²) in [5, 5.41) is 25.3. The summed E-state index contributed by atoms with van der Waals surface area (Å²) in [6, 6.07) is 3.22. The predicted molar refractivity (Wildman–Crippen MR) is 236 cm³/mol. The van der Waals surface area contributed by atoms with Gasteiger partial charge in [0, 0.05) is 54.2 Å². The number of fused-ring (bicyclic) bond motifs is 3. The minimum Gasteiger partial charge on any atom is -0.497 e. The molecule has 2 saturated heterocycles. The first-order valence-electron chi connectivity index (χ1n) is 21.8. The highest BCUT2D eigenvalue weighted by Crippen LogP contribution is 2.45. The number of carboxylic acids is 1. The number of pyridine rings is 1. The van der Waals surface area contributed by atoms with Gasteiger partial charge in [0.2, 0.25) is 17.7 Å². The van der Waals surface area contributed by atoms with Crippen molar-refractivity contribution in [1.29, 1.82) is 0 Å². The topological polar surface area (TPSA) is 221 Å². The number of aromatic nitrogens is 2. The van der Waals surface area contributed by atoms with E-state index in [0.717, 1.165) is 18.0 Å². The Hall–Kier alpha value is -5.78. The van der Waals surface area contributed by atoms with Gasteiger partial charge in [-0.2, -0.15) is 0 Å². The molecule has 3 aromatic rings. The summed E-state index contributed by atoms with van der Waals surface area (Å²) in [4.78, 5) is 94.2. The Morgan fingerprint density at radius 2 is 1.84 bits per heavy atom. The number of hydrogen-bond acceptors (Lipinski definition) is 12. The van der Waals surface area contributed by atoms with Gasteiger partial charge in [-0.1, -0.05) is 45.8 Å². The Balaban J connectivity index is 1.20. The molecule has 17 nitrogen and oxygen atoms in total. The molecule has 2 aromatic heterocycles. The molecule has 3 aliphatic heterocycles. The molecule has 0 spiro atoms. The normalized spacial score (nSPS) is 25.3. The van der Waals surface area contributed by atoms with Crippen LogP contribution in [0.15, 0.2) is 41.8 Å². The van der Waals surface area contributed by atoms with Gasteiger partial charge < -0.3 is 40.7 Å². The number of thiazole rings is 1. The Kier molecular flexibility index (Phi) is 13.3. The quantitative estimate of drug-likeness (QED) is 0.165. The number of nitrogens with one attached hydrogen (secondary N) is 4. The molecule has 3 fully saturated rings. The molecule has 7 rings (SSSR count). The minimum absolute atomic E-state index is 0.0195. The summed E-state index contributed by atoms with van der Waals surface area (Å²) in [6.45, 7) is 9.60. The van der Waals surface area contributed by atoms with Crippen molar-refractivity contribution in [3.63, 3.8) is 0 Å². The number of rotatable bonds is 10. The number of allylic oxidation sites excluding steroid dienone is 1. The summed E-state index contributed by atoms with van der Waals surface area (Å²) < 4.78 is 12.2. The van der Waals surface area contributed by atoms with Crippen molar-refractivity contribution in [1.82, 2.24) is 35.7 Å². The monoisotopic (exact) mass is 886 g/mol. The molecule has 5 N–H and O–H groups in total. The van der Waals surface area contributed by atoms with Crippen LogP contribution in [0.5, 0.6) is 11.5 Å². The summed E-state index contributed by atoms with van der Waals surface area (Å²) in [5.41, 5.74) is -0.575. The Labute approximate surface area is 370 Å². The Morgan fingerprint density at radius 1 is 1.05 bits per heavy atom. The number of amides is 6. The molecule has 6 atom stereocenters. The van der Waals surface area contributed by atoms with Crippen LogP contribution in [0.4, 0.5) is 9.93 Å². The minimum atomic E-state index is -1.52. The number of aliphatic carboxylic acids is 1. The lowest BCUT2D eigenvalue weighted by atomic mass is 9.86. The number of ether oxygens (including phenoxy) is 2. The number of anilines is 1. The van der Waals surface area contributed by atoms with Crippen molar-refractivity contribution in [3.8, 4) is 22.9 Å². The van der Waals surface area contributed by atoms with Gasteiger partial charge in [0.05, 0.1) is 24.9 Å². The molecule has 4 aliphatic rings. The average molecular weight is 887 g/mol. The Morgan fingerprint density at radius 3 is 2.54 bits per heavy atom. The number of benzene rings is 1. The predicted octanol–water partition coefficient (Wildman–Crippen LogP) is 5.25. The van der Waals surface area contributed by atoms with E-state index < -0.39 is 70.8 Å². The summed E-state index contributed by atoms with van der Waals surface area (Å²) in [7, 11) is 1.56. The van der Waals surface area contributed by atoms with E-state index in [-0.39, 0.29) is 50.7 Å². The highest BCUT2D eigenvalue weighted by molar-refractivity contribution is 7.14. The first kappa shape index (κ1) is 45.3. The summed E-state index contributed by atoms with van der Waals surface area (Å²) in [5.74, 6) is -2.56. The number of carbonyl (C=O) groups excluding carboxylic acids is 5. The zero-order chi connectivity index (χ0) is 45.2. The molecule has 1 unspecified atom stereocenters. The second kappa shape index (κ2) is 18.5. The van der Waals surface area contributed by atoms with Gasteiger partial charge in [-0.3, -0.25) is 24.1 Å². The van der Waals surface area contributed by atoms with E-state index in [1.54, 1.807) is 46.1 Å². The van der Waals surface area contributed by atoms with E-state index in [9.17, 15) is 33.9 Å². The van der Waals surface area contributed by atoms with E-state index in [2.05, 4.69) is 21.3 Å². The fraction of sp³-hybridized carbons (Fsp3) is 0.556. The lowest BCUT2D eigenvalue weighted by molar-refractivity contribution is -0.146. The molecular weight excluding hydrogens is 829 g/mol. The third-order valence-corrected chi connectivity index (χ3v) is 12.9. The van der Waals surface area contributed by atoms with E-state index in [1.165, 1.54) is 21.1 Å². The van der Waals surface area contributed by atoms with E-state index in [4.69, 9.17) is 19.4 Å². The zero-order valence-electron chi connectivity index (χ0n) is 36.7. The van der Waals surface area contributed by atoms with Gasteiger partial charge in [0.1, 0.15) is 47.0 Å². The number of hydrogen-bond donors (Lipinski definition) is 5. The van der Waals surface area contributed by atoms with Crippen LogP contribution < -0.4 is 30.7 Å². The molecule has 338 valence electrons. The first-order valence-corrected chi connectivity index (χ1v) is 22.7. The van der Waals surface area contributed by atoms with Gasteiger partial charge in [-0.15, -0.1) is 11.3 Å². The van der Waals surface area contributed by atoms with Crippen LogP contribution in [0.25, 0.3) is 22.3 Å². The number of imide groups is 1. The number of carboxylic acid groups (broad SMARTS) is 1. The molecule has 63 heavy (non-hydrogen) atoms. The van der Waals surface area contributed by atoms with Crippen LogP contribution in [0.2, 0.25) is 0 Å². The number of carbonyl (C=O) groups is 6. The third-order valence-electron chi connectivity index (χ3n) is 12.1. The van der Waals surface area contributed by atoms with Gasteiger partial charge >= 0.3 is 12.0 Å². The number of urea groups is 1. The fourth-order valence-electron chi connectivity index (χ4n) is 8.58. The molecular formula is C45H58N8O9S. The van der Waals surface area contributed by atoms with Crippen molar-refractivity contribution >= 4 is 63.0 Å². The number of nitrogens with zero attached hydrogens (tertiary/aromatic N) is 4. The van der Waals surface area contributed by atoms with Gasteiger partial charge in [0.15, 0.2) is 5.13 Å². The second-order valence-electron chi connectivity index (χ2n) is 18.3. The standard InChI is InChI=1S/C45H58N8O9S/c1-25(2)46-43-49-33(24-63-43)32-21-35(29-17-16-27(61-6)19-31(29)47-32)62-28-20-34-38(55)51-45(41(58)59)22-26(45)13-10-8-7-9-11-14-30(39(56)53(34)23-28)48-42(60)50-37(44(3,4)5)40(57)52-18-12-15-36(52)54/h10,13,16-17,19,21,24-26,28,30,34,37H,7-9,11-12,14-15,18,20,22-23H2,1-6H3,(H,46,49)(H,51,55)(H,58,59)(H2,48,50,60)/b13-10-/t26?,28-,30-,34+,37-,45-/m1/s1. The van der Waals surface area contributed by atoms with Crippen LogP contribution in [-0.2, 0) is 24.0 Å².